The summed E-state index contributed by atoms with van der Waals surface area (Å²) in [4.78, 5) is 35.0. The van der Waals surface area contributed by atoms with E-state index in [4.69, 9.17) is 5.73 Å². The van der Waals surface area contributed by atoms with Gasteiger partial charge in [0.15, 0.2) is 0 Å². The number of esters is 1. The summed E-state index contributed by atoms with van der Waals surface area (Å²) in [5.74, 6) is -1.60. The number of nitrogens with two attached hydrogens (primary N) is 1. The monoisotopic (exact) mass is 304 g/mol. The van der Waals surface area contributed by atoms with E-state index < -0.39 is 23.8 Å². The van der Waals surface area contributed by atoms with E-state index in [2.05, 4.69) is 16.6 Å². The molecule has 0 aromatic heterocycles. The first-order valence-corrected chi connectivity index (χ1v) is 6.89. The minimum Gasteiger partial charge on any atom is -0.465 e. The van der Waals surface area contributed by atoms with E-state index in [1.807, 2.05) is 0 Å². The first kappa shape index (κ1) is 17.4. The molecular weight excluding hydrogens is 284 g/mol. The van der Waals surface area contributed by atoms with Gasteiger partial charge in [0, 0.05) is 5.56 Å². The summed E-state index contributed by atoms with van der Waals surface area (Å²) in [6, 6.07) is 5.30. The van der Waals surface area contributed by atoms with Crippen molar-refractivity contribution in [1.82, 2.24) is 5.32 Å². The van der Waals surface area contributed by atoms with Gasteiger partial charge in [-0.25, -0.2) is 4.79 Å². The molecule has 2 amide bonds. The molecule has 6 heteroatoms. The third-order valence-electron chi connectivity index (χ3n) is 3.10. The maximum absolute atomic E-state index is 12.2. The summed E-state index contributed by atoms with van der Waals surface area (Å²) in [5, 5.41) is 2.58. The van der Waals surface area contributed by atoms with Crippen LogP contribution in [0.25, 0.3) is 0 Å². The first-order valence-electron chi connectivity index (χ1n) is 6.89. The predicted molar refractivity (Wildman–Crippen MR) is 82.3 cm³/mol. The standard InChI is InChI=1S/C16H20N2O4/c1-3-4-5-9-13(14(17)19)18-15(20)11-7-6-8-12(10-11)16(21)22-2/h3,6-8,10,13H,1,4-5,9H2,2H3,(H2,17,19)(H,18,20)/t13-/m0/s1. The van der Waals surface area contributed by atoms with Gasteiger partial charge in [-0.3, -0.25) is 9.59 Å². The number of hydrogen-bond acceptors (Lipinski definition) is 4. The van der Waals surface area contributed by atoms with E-state index in [1.54, 1.807) is 18.2 Å². The molecule has 6 nitrogen and oxygen atoms in total. The van der Waals surface area contributed by atoms with Crippen LogP contribution in [0.4, 0.5) is 0 Å². The number of benzene rings is 1. The minimum absolute atomic E-state index is 0.262. The number of methoxy groups -OCH3 is 1. The smallest absolute Gasteiger partial charge is 0.337 e. The number of primary amides is 1. The van der Waals surface area contributed by atoms with E-state index in [9.17, 15) is 14.4 Å². The lowest BCUT2D eigenvalue weighted by Crippen LogP contribution is -2.44. The molecule has 0 bridgehead atoms. The Bertz CT molecular complexity index is 569. The number of carbonyl (C=O) groups is 3. The van der Waals surface area contributed by atoms with E-state index in [1.165, 1.54) is 19.2 Å². The van der Waals surface area contributed by atoms with Crippen LogP contribution in [0.5, 0.6) is 0 Å². The van der Waals surface area contributed by atoms with Gasteiger partial charge in [0.1, 0.15) is 6.04 Å². The Hall–Kier alpha value is -2.63. The van der Waals surface area contributed by atoms with Crippen molar-refractivity contribution in [3.63, 3.8) is 0 Å². The van der Waals surface area contributed by atoms with Crippen molar-refractivity contribution in [2.24, 2.45) is 5.73 Å². The quantitative estimate of drug-likeness (QED) is 0.431. The lowest BCUT2D eigenvalue weighted by Gasteiger charge is -2.15. The van der Waals surface area contributed by atoms with Crippen LogP contribution < -0.4 is 11.1 Å². The van der Waals surface area contributed by atoms with Crippen LogP contribution in [0.3, 0.4) is 0 Å². The van der Waals surface area contributed by atoms with Crippen molar-refractivity contribution in [1.29, 1.82) is 0 Å². The van der Waals surface area contributed by atoms with Gasteiger partial charge in [-0.2, -0.15) is 0 Å². The summed E-state index contributed by atoms with van der Waals surface area (Å²) in [6.45, 7) is 3.60. The van der Waals surface area contributed by atoms with Gasteiger partial charge in [-0.15, -0.1) is 6.58 Å². The summed E-state index contributed by atoms with van der Waals surface area (Å²) in [5.41, 5.74) is 5.81. The van der Waals surface area contributed by atoms with Crippen molar-refractivity contribution >= 4 is 17.8 Å². The minimum atomic E-state index is -0.755. The second kappa shape index (κ2) is 8.61. The molecule has 1 rings (SSSR count). The zero-order valence-corrected chi connectivity index (χ0v) is 12.5. The van der Waals surface area contributed by atoms with Gasteiger partial charge in [-0.05, 0) is 37.5 Å². The Morgan fingerprint density at radius 3 is 2.64 bits per heavy atom. The molecule has 118 valence electrons. The fourth-order valence-electron chi connectivity index (χ4n) is 1.90. The zero-order valence-electron chi connectivity index (χ0n) is 12.5. The van der Waals surface area contributed by atoms with Crippen LogP contribution in [-0.4, -0.2) is 30.9 Å². The molecule has 0 unspecified atom stereocenters. The summed E-state index contributed by atoms with van der Waals surface area (Å²) in [7, 11) is 1.26. The average Bonchev–Trinajstić information content (AvgIpc) is 2.53. The number of unbranched alkanes of at least 4 members (excludes halogenated alkanes) is 1. The van der Waals surface area contributed by atoms with E-state index in [0.29, 0.717) is 12.8 Å². The summed E-state index contributed by atoms with van der Waals surface area (Å²) in [6.07, 6.45) is 3.60. The number of rotatable bonds is 8. The highest BCUT2D eigenvalue weighted by molar-refractivity contribution is 5.99. The Labute approximate surface area is 129 Å². The lowest BCUT2D eigenvalue weighted by molar-refractivity contribution is -0.120. The van der Waals surface area contributed by atoms with Gasteiger partial charge in [0.25, 0.3) is 5.91 Å². The van der Waals surface area contributed by atoms with Crippen molar-refractivity contribution in [2.75, 3.05) is 7.11 Å². The highest BCUT2D eigenvalue weighted by Gasteiger charge is 2.19. The fraction of sp³-hybridized carbons (Fsp3) is 0.312. The molecule has 0 saturated carbocycles. The highest BCUT2D eigenvalue weighted by atomic mass is 16.5. The molecule has 0 fully saturated rings. The molecule has 0 aliphatic carbocycles. The fourth-order valence-corrected chi connectivity index (χ4v) is 1.90. The number of allylic oxidation sites excluding steroid dienone is 1. The van der Waals surface area contributed by atoms with Crippen molar-refractivity contribution in [2.45, 2.75) is 25.3 Å². The van der Waals surface area contributed by atoms with Crippen LogP contribution in [-0.2, 0) is 9.53 Å². The van der Waals surface area contributed by atoms with Crippen LogP contribution >= 0.6 is 0 Å². The number of nitrogens with one attached hydrogen (secondary N) is 1. The topological polar surface area (TPSA) is 98.5 Å². The van der Waals surface area contributed by atoms with Crippen molar-refractivity contribution < 1.29 is 19.1 Å². The van der Waals surface area contributed by atoms with E-state index in [0.717, 1.165) is 6.42 Å². The maximum atomic E-state index is 12.2. The molecule has 1 atom stereocenters. The number of ether oxygens (including phenoxy) is 1. The maximum Gasteiger partial charge on any atom is 0.337 e. The molecule has 0 spiro atoms. The molecule has 0 aliphatic heterocycles. The SMILES string of the molecule is C=CCCC[C@H](NC(=O)c1cccc(C(=O)OC)c1)C(N)=O. The van der Waals surface area contributed by atoms with Crippen LogP contribution in [0.2, 0.25) is 0 Å². The van der Waals surface area contributed by atoms with Gasteiger partial charge in [0.05, 0.1) is 12.7 Å². The third kappa shape index (κ3) is 5.05. The number of amides is 2. The van der Waals surface area contributed by atoms with Crippen LogP contribution in [0, 0.1) is 0 Å². The van der Waals surface area contributed by atoms with Crippen molar-refractivity contribution in [3.8, 4) is 0 Å². The largest absolute Gasteiger partial charge is 0.465 e. The second-order valence-electron chi connectivity index (χ2n) is 4.72. The first-order chi connectivity index (χ1) is 10.5. The lowest BCUT2D eigenvalue weighted by atomic mass is 10.1. The molecule has 3 N–H and O–H groups in total. The van der Waals surface area contributed by atoms with Crippen LogP contribution in [0.15, 0.2) is 36.9 Å². The molecule has 0 heterocycles. The second-order valence-corrected chi connectivity index (χ2v) is 4.72. The molecule has 1 aromatic rings. The van der Waals surface area contributed by atoms with Gasteiger partial charge in [-0.1, -0.05) is 12.1 Å². The summed E-state index contributed by atoms with van der Waals surface area (Å²) < 4.78 is 4.60. The summed E-state index contributed by atoms with van der Waals surface area (Å²) >= 11 is 0. The van der Waals surface area contributed by atoms with E-state index >= 15 is 0 Å². The molecular formula is C16H20N2O4. The van der Waals surface area contributed by atoms with Crippen molar-refractivity contribution in [3.05, 3.63) is 48.0 Å². The van der Waals surface area contributed by atoms with Gasteiger partial charge in [0.2, 0.25) is 5.91 Å². The number of carbonyl (C=O) groups excluding carboxylic acids is 3. The molecule has 22 heavy (non-hydrogen) atoms. The van der Waals surface area contributed by atoms with E-state index in [-0.39, 0.29) is 11.1 Å². The average molecular weight is 304 g/mol. The number of hydrogen-bond donors (Lipinski definition) is 2. The molecule has 1 aromatic carbocycles. The van der Waals surface area contributed by atoms with Crippen LogP contribution in [0.1, 0.15) is 40.0 Å². The Morgan fingerprint density at radius 2 is 2.05 bits per heavy atom. The highest BCUT2D eigenvalue weighted by Crippen LogP contribution is 2.08. The third-order valence-corrected chi connectivity index (χ3v) is 3.10. The Balaban J connectivity index is 2.79. The molecule has 0 saturated heterocycles. The Kier molecular flexibility index (Phi) is 6.82. The van der Waals surface area contributed by atoms with Gasteiger partial charge >= 0.3 is 5.97 Å². The molecule has 0 radical (unpaired) electrons. The zero-order chi connectivity index (χ0) is 16.5. The molecule has 0 aliphatic rings. The Morgan fingerprint density at radius 1 is 1.36 bits per heavy atom. The normalized spacial score (nSPS) is 11.3. The van der Waals surface area contributed by atoms with Gasteiger partial charge < -0.3 is 15.8 Å². The predicted octanol–water partition coefficient (Wildman–Crippen LogP) is 1.41.